The molecule has 1 aliphatic carbocycles. The number of benzene rings is 3. The van der Waals surface area contributed by atoms with E-state index in [1.54, 1.807) is 12.1 Å². The van der Waals surface area contributed by atoms with Crippen LogP contribution in [0.25, 0.3) is 0 Å². The van der Waals surface area contributed by atoms with Crippen LogP contribution in [0.2, 0.25) is 0 Å². The van der Waals surface area contributed by atoms with Crippen molar-refractivity contribution in [2.75, 3.05) is 0 Å². The second-order valence-corrected chi connectivity index (χ2v) is 6.50. The molecule has 3 aromatic carbocycles. The molecule has 0 aliphatic heterocycles. The molecule has 0 unspecified atom stereocenters. The third-order valence-electron chi connectivity index (χ3n) is 4.86. The maximum absolute atomic E-state index is 12.4. The molecule has 0 bridgehead atoms. The van der Waals surface area contributed by atoms with Gasteiger partial charge in [0.15, 0.2) is 0 Å². The molecular formula is C23H20O2. The maximum Gasteiger partial charge on any atom is 0.338 e. The van der Waals surface area contributed by atoms with Crippen molar-refractivity contribution in [2.45, 2.75) is 24.9 Å². The normalized spacial score (nSPS) is 19.0. The Bertz CT molecular complexity index is 856. The van der Waals surface area contributed by atoms with Gasteiger partial charge in [0.05, 0.1) is 5.56 Å². The lowest BCUT2D eigenvalue weighted by atomic mass is 9.77. The molecule has 0 saturated carbocycles. The summed E-state index contributed by atoms with van der Waals surface area (Å²) in [4.78, 5) is 12.4. The van der Waals surface area contributed by atoms with Gasteiger partial charge < -0.3 is 4.74 Å². The summed E-state index contributed by atoms with van der Waals surface area (Å²) >= 11 is 0. The molecule has 0 aromatic heterocycles. The first-order valence-corrected chi connectivity index (χ1v) is 8.70. The lowest BCUT2D eigenvalue weighted by Gasteiger charge is -2.31. The summed E-state index contributed by atoms with van der Waals surface area (Å²) in [6.45, 7) is 0. The monoisotopic (exact) mass is 328 g/mol. The Hall–Kier alpha value is -2.87. The topological polar surface area (TPSA) is 26.3 Å². The van der Waals surface area contributed by atoms with E-state index in [0.717, 1.165) is 12.8 Å². The van der Waals surface area contributed by atoms with Gasteiger partial charge in [0.25, 0.3) is 0 Å². The van der Waals surface area contributed by atoms with E-state index in [9.17, 15) is 4.79 Å². The van der Waals surface area contributed by atoms with Crippen LogP contribution in [0.4, 0.5) is 0 Å². The Morgan fingerprint density at radius 3 is 2.20 bits per heavy atom. The number of rotatable bonds is 3. The Labute approximate surface area is 148 Å². The van der Waals surface area contributed by atoms with Gasteiger partial charge in [-0.1, -0.05) is 72.8 Å². The fourth-order valence-electron chi connectivity index (χ4n) is 3.66. The van der Waals surface area contributed by atoms with E-state index < -0.39 is 0 Å². The largest absolute Gasteiger partial charge is 0.458 e. The lowest BCUT2D eigenvalue weighted by Crippen LogP contribution is -2.28. The summed E-state index contributed by atoms with van der Waals surface area (Å²) in [5.41, 5.74) is 4.50. The van der Waals surface area contributed by atoms with Crippen LogP contribution in [-0.2, 0) is 11.2 Å². The maximum atomic E-state index is 12.4. The fraction of sp³-hybridized carbons (Fsp3) is 0.174. The Balaban J connectivity index is 1.61. The minimum Gasteiger partial charge on any atom is -0.458 e. The van der Waals surface area contributed by atoms with Crippen molar-refractivity contribution in [1.29, 1.82) is 0 Å². The predicted molar refractivity (Wildman–Crippen MR) is 98.7 cm³/mol. The molecule has 25 heavy (non-hydrogen) atoms. The first kappa shape index (κ1) is 15.6. The Morgan fingerprint density at radius 2 is 1.44 bits per heavy atom. The number of esters is 1. The molecule has 0 N–H and O–H groups in total. The molecular weight excluding hydrogens is 308 g/mol. The summed E-state index contributed by atoms with van der Waals surface area (Å²) in [5, 5.41) is 0. The van der Waals surface area contributed by atoms with E-state index in [-0.39, 0.29) is 18.0 Å². The molecule has 3 aromatic rings. The van der Waals surface area contributed by atoms with Gasteiger partial charge in [-0.25, -0.2) is 4.79 Å². The highest BCUT2D eigenvalue weighted by molar-refractivity contribution is 5.89. The summed E-state index contributed by atoms with van der Waals surface area (Å²) in [7, 11) is 0. The SMILES string of the molecule is O=C(O[C@H]1Cc2ccccc2[C@H](c2ccccc2)C1)c1ccccc1. The van der Waals surface area contributed by atoms with Crippen molar-refractivity contribution in [1.82, 2.24) is 0 Å². The minimum atomic E-state index is -0.239. The number of fused-ring (bicyclic) bond motifs is 1. The molecule has 0 radical (unpaired) electrons. The smallest absolute Gasteiger partial charge is 0.338 e. The highest BCUT2D eigenvalue weighted by Crippen LogP contribution is 2.37. The first-order valence-electron chi connectivity index (χ1n) is 8.70. The summed E-state index contributed by atoms with van der Waals surface area (Å²) in [6, 6.07) is 28.2. The molecule has 124 valence electrons. The van der Waals surface area contributed by atoms with Crippen molar-refractivity contribution >= 4 is 5.97 Å². The molecule has 1 aliphatic rings. The van der Waals surface area contributed by atoms with Crippen molar-refractivity contribution in [2.24, 2.45) is 0 Å². The highest BCUT2D eigenvalue weighted by atomic mass is 16.5. The molecule has 0 spiro atoms. The van der Waals surface area contributed by atoms with Crippen LogP contribution < -0.4 is 0 Å². The summed E-state index contributed by atoms with van der Waals surface area (Å²) in [5.74, 6) is 0.0246. The molecule has 2 heteroatoms. The van der Waals surface area contributed by atoms with E-state index in [4.69, 9.17) is 4.74 Å². The molecule has 0 amide bonds. The number of carbonyl (C=O) groups excluding carboxylic acids is 1. The van der Waals surface area contributed by atoms with E-state index >= 15 is 0 Å². The van der Waals surface area contributed by atoms with Gasteiger partial charge in [0, 0.05) is 12.3 Å². The highest BCUT2D eigenvalue weighted by Gasteiger charge is 2.30. The standard InChI is InChI=1S/C23H20O2/c24-23(18-11-5-2-6-12-18)25-20-15-19-13-7-8-14-21(19)22(16-20)17-9-3-1-4-10-17/h1-14,20,22H,15-16H2/t20-,22-/m0/s1. The van der Waals surface area contributed by atoms with Crippen molar-refractivity contribution in [3.63, 3.8) is 0 Å². The fourth-order valence-corrected chi connectivity index (χ4v) is 3.66. The Kier molecular flexibility index (Phi) is 4.34. The molecule has 0 fully saturated rings. The van der Waals surface area contributed by atoms with Crippen molar-refractivity contribution < 1.29 is 9.53 Å². The molecule has 0 heterocycles. The van der Waals surface area contributed by atoms with Gasteiger partial charge in [-0.15, -0.1) is 0 Å². The second-order valence-electron chi connectivity index (χ2n) is 6.50. The average Bonchev–Trinajstić information content (AvgIpc) is 2.68. The van der Waals surface area contributed by atoms with E-state index in [2.05, 4.69) is 48.5 Å². The third kappa shape index (κ3) is 3.34. The first-order chi connectivity index (χ1) is 12.3. The van der Waals surface area contributed by atoms with Gasteiger partial charge in [-0.3, -0.25) is 0 Å². The zero-order valence-corrected chi connectivity index (χ0v) is 14.0. The van der Waals surface area contributed by atoms with Crippen LogP contribution >= 0.6 is 0 Å². The van der Waals surface area contributed by atoms with Gasteiger partial charge in [-0.05, 0) is 35.2 Å². The molecule has 4 rings (SSSR count). The van der Waals surface area contributed by atoms with E-state index in [1.807, 2.05) is 24.3 Å². The van der Waals surface area contributed by atoms with Crippen molar-refractivity contribution in [3.05, 3.63) is 107 Å². The van der Waals surface area contributed by atoms with Crippen LogP contribution in [0.5, 0.6) is 0 Å². The molecule has 0 saturated heterocycles. The molecule has 2 nitrogen and oxygen atoms in total. The molecule has 2 atom stereocenters. The van der Waals surface area contributed by atoms with Gasteiger partial charge in [-0.2, -0.15) is 0 Å². The number of hydrogen-bond donors (Lipinski definition) is 0. The number of ether oxygens (including phenoxy) is 1. The lowest BCUT2D eigenvalue weighted by molar-refractivity contribution is 0.0258. The Morgan fingerprint density at radius 1 is 0.800 bits per heavy atom. The van der Waals surface area contributed by atoms with Crippen LogP contribution in [0.3, 0.4) is 0 Å². The number of carbonyl (C=O) groups is 1. The van der Waals surface area contributed by atoms with Crippen LogP contribution in [0, 0.1) is 0 Å². The summed E-state index contributed by atoms with van der Waals surface area (Å²) in [6.07, 6.45) is 1.49. The third-order valence-corrected chi connectivity index (χ3v) is 4.86. The van der Waals surface area contributed by atoms with E-state index in [1.165, 1.54) is 16.7 Å². The number of hydrogen-bond acceptors (Lipinski definition) is 2. The minimum absolute atomic E-state index is 0.104. The van der Waals surface area contributed by atoms with Crippen LogP contribution in [-0.4, -0.2) is 12.1 Å². The van der Waals surface area contributed by atoms with Gasteiger partial charge in [0.2, 0.25) is 0 Å². The zero-order chi connectivity index (χ0) is 17.1. The van der Waals surface area contributed by atoms with Crippen LogP contribution in [0.15, 0.2) is 84.9 Å². The average molecular weight is 328 g/mol. The van der Waals surface area contributed by atoms with Crippen molar-refractivity contribution in [3.8, 4) is 0 Å². The van der Waals surface area contributed by atoms with Gasteiger partial charge >= 0.3 is 5.97 Å². The predicted octanol–water partition coefficient (Wildman–Crippen LogP) is 4.99. The zero-order valence-electron chi connectivity index (χ0n) is 14.0. The second kappa shape index (κ2) is 6.94. The quantitative estimate of drug-likeness (QED) is 0.633. The van der Waals surface area contributed by atoms with Crippen LogP contribution in [0.1, 0.15) is 39.4 Å². The summed E-state index contributed by atoms with van der Waals surface area (Å²) < 4.78 is 5.85. The van der Waals surface area contributed by atoms with E-state index in [0.29, 0.717) is 5.56 Å². The van der Waals surface area contributed by atoms with Gasteiger partial charge in [0.1, 0.15) is 6.10 Å².